The zero-order chi connectivity index (χ0) is 23.9. The summed E-state index contributed by atoms with van der Waals surface area (Å²) in [5.41, 5.74) is 6.08. The second kappa shape index (κ2) is 8.10. The molecule has 0 spiro atoms. The fourth-order valence-corrected chi connectivity index (χ4v) is 3.51. The van der Waals surface area contributed by atoms with E-state index in [1.807, 2.05) is 0 Å². The number of carbonyl (C=O) groups excluding carboxylic acids is 2. The molecule has 0 bridgehead atoms. The minimum absolute atomic E-state index is 0.125. The van der Waals surface area contributed by atoms with Crippen LogP contribution in [-0.2, 0) is 24.4 Å². The van der Waals surface area contributed by atoms with Gasteiger partial charge in [0.25, 0.3) is 5.91 Å². The Labute approximate surface area is 185 Å². The molecule has 3 aromatic rings. The fourth-order valence-electron chi connectivity index (χ4n) is 3.51. The number of hydrogen-bond acceptors (Lipinski definition) is 5. The SMILES string of the molecule is Cn1cc(-c2cc(C(=O)Nc3ccc4c(c3)CC(C(N)=O)=CN4O)cc(C(F)(F)F)c2)cn1. The number of nitrogens with two attached hydrogens (primary N) is 1. The van der Waals surface area contributed by atoms with Crippen LogP contribution < -0.4 is 16.1 Å². The number of hydroxylamine groups is 1. The van der Waals surface area contributed by atoms with Gasteiger partial charge in [-0.15, -0.1) is 0 Å². The van der Waals surface area contributed by atoms with E-state index in [9.17, 15) is 28.0 Å². The number of carbonyl (C=O) groups is 2. The van der Waals surface area contributed by atoms with Gasteiger partial charge in [0.15, 0.2) is 0 Å². The molecule has 4 N–H and O–H groups in total. The van der Waals surface area contributed by atoms with Crippen molar-refractivity contribution in [2.75, 3.05) is 10.4 Å². The van der Waals surface area contributed by atoms with Gasteiger partial charge >= 0.3 is 6.18 Å². The summed E-state index contributed by atoms with van der Waals surface area (Å²) in [5, 5.41) is 17.3. The largest absolute Gasteiger partial charge is 0.416 e. The number of aromatic nitrogens is 2. The molecule has 11 heteroatoms. The normalized spacial score (nSPS) is 13.4. The first-order chi connectivity index (χ1) is 15.5. The third-order valence-corrected chi connectivity index (χ3v) is 5.12. The van der Waals surface area contributed by atoms with Gasteiger partial charge in [-0.1, -0.05) is 0 Å². The Hall–Kier alpha value is -4.12. The van der Waals surface area contributed by atoms with E-state index in [2.05, 4.69) is 10.4 Å². The van der Waals surface area contributed by atoms with E-state index in [1.165, 1.54) is 41.3 Å². The molecule has 1 aliphatic rings. The van der Waals surface area contributed by atoms with E-state index in [0.717, 1.165) is 17.2 Å². The first-order valence-corrected chi connectivity index (χ1v) is 9.65. The molecule has 0 aliphatic carbocycles. The van der Waals surface area contributed by atoms with Gasteiger partial charge in [0.05, 0.1) is 17.4 Å². The lowest BCUT2D eigenvalue weighted by atomic mass is 9.99. The van der Waals surface area contributed by atoms with Gasteiger partial charge in [0.1, 0.15) is 0 Å². The number of rotatable bonds is 4. The van der Waals surface area contributed by atoms with Gasteiger partial charge < -0.3 is 11.1 Å². The van der Waals surface area contributed by atoms with Crippen LogP contribution in [0.5, 0.6) is 0 Å². The number of nitrogens with one attached hydrogen (secondary N) is 1. The van der Waals surface area contributed by atoms with Gasteiger partial charge in [0.2, 0.25) is 5.91 Å². The highest BCUT2D eigenvalue weighted by atomic mass is 19.4. The maximum Gasteiger partial charge on any atom is 0.416 e. The molecule has 2 amide bonds. The fraction of sp³-hybridized carbons (Fsp3) is 0.136. The molecule has 1 aromatic heterocycles. The van der Waals surface area contributed by atoms with Crippen molar-refractivity contribution >= 4 is 23.2 Å². The van der Waals surface area contributed by atoms with Gasteiger partial charge in [-0.2, -0.15) is 18.3 Å². The molecular weight excluding hydrogens is 439 g/mol. The van der Waals surface area contributed by atoms with Crippen molar-refractivity contribution in [1.29, 1.82) is 0 Å². The van der Waals surface area contributed by atoms with Crippen LogP contribution in [0.4, 0.5) is 24.5 Å². The number of halogens is 3. The molecule has 2 aromatic carbocycles. The zero-order valence-electron chi connectivity index (χ0n) is 17.2. The van der Waals surface area contributed by atoms with E-state index >= 15 is 0 Å². The van der Waals surface area contributed by atoms with E-state index in [1.54, 1.807) is 13.2 Å². The van der Waals surface area contributed by atoms with Crippen molar-refractivity contribution in [2.24, 2.45) is 12.8 Å². The van der Waals surface area contributed by atoms with Gasteiger partial charge in [-0.25, -0.2) is 5.06 Å². The van der Waals surface area contributed by atoms with Gasteiger partial charge in [-0.05, 0) is 47.5 Å². The number of alkyl halides is 3. The van der Waals surface area contributed by atoms with Gasteiger partial charge in [-0.3, -0.25) is 19.5 Å². The van der Waals surface area contributed by atoms with Crippen LogP contribution in [0.2, 0.25) is 0 Å². The molecule has 0 atom stereocenters. The van der Waals surface area contributed by atoms with Crippen LogP contribution in [0, 0.1) is 0 Å². The number of nitrogens with zero attached hydrogens (tertiary/aromatic N) is 3. The Balaban J connectivity index is 1.65. The van der Waals surface area contributed by atoms with Crippen LogP contribution in [0.1, 0.15) is 21.5 Å². The second-order valence-corrected chi connectivity index (χ2v) is 7.54. The lowest BCUT2D eigenvalue weighted by molar-refractivity contribution is -0.137. The Kier molecular flexibility index (Phi) is 5.42. The van der Waals surface area contributed by atoms with E-state index in [4.69, 9.17) is 5.73 Å². The quantitative estimate of drug-likeness (QED) is 0.555. The summed E-state index contributed by atoms with van der Waals surface area (Å²) in [5.74, 6) is -1.46. The maximum absolute atomic E-state index is 13.5. The summed E-state index contributed by atoms with van der Waals surface area (Å²) in [6, 6.07) is 7.59. The molecule has 170 valence electrons. The Morgan fingerprint density at radius 3 is 2.55 bits per heavy atom. The van der Waals surface area contributed by atoms with Crippen LogP contribution in [-0.4, -0.2) is 26.8 Å². The molecule has 0 radical (unpaired) electrons. The van der Waals surface area contributed by atoms with Crippen molar-refractivity contribution in [2.45, 2.75) is 12.6 Å². The van der Waals surface area contributed by atoms with Crippen LogP contribution in [0.3, 0.4) is 0 Å². The van der Waals surface area contributed by atoms with Crippen molar-refractivity contribution in [3.05, 3.63) is 77.3 Å². The predicted molar refractivity (Wildman–Crippen MR) is 113 cm³/mol. The summed E-state index contributed by atoms with van der Waals surface area (Å²) in [6.07, 6.45) is -0.372. The number of aryl methyl sites for hydroxylation is 1. The van der Waals surface area contributed by atoms with E-state index in [0.29, 0.717) is 16.8 Å². The number of fused-ring (bicyclic) bond motifs is 1. The highest BCUT2D eigenvalue weighted by molar-refractivity contribution is 6.05. The molecule has 0 saturated carbocycles. The lowest BCUT2D eigenvalue weighted by Crippen LogP contribution is -2.25. The molecule has 0 fully saturated rings. The lowest BCUT2D eigenvalue weighted by Gasteiger charge is -2.23. The number of amides is 2. The second-order valence-electron chi connectivity index (χ2n) is 7.54. The highest BCUT2D eigenvalue weighted by Gasteiger charge is 2.32. The first kappa shape index (κ1) is 22.1. The monoisotopic (exact) mass is 457 g/mol. The molecule has 0 saturated heterocycles. The summed E-state index contributed by atoms with van der Waals surface area (Å²) in [4.78, 5) is 24.3. The Morgan fingerprint density at radius 1 is 1.15 bits per heavy atom. The van der Waals surface area contributed by atoms with E-state index in [-0.39, 0.29) is 28.8 Å². The average molecular weight is 457 g/mol. The molecule has 1 aliphatic heterocycles. The Bertz CT molecular complexity index is 1300. The van der Waals surface area contributed by atoms with Gasteiger partial charge in [0, 0.05) is 48.3 Å². The summed E-state index contributed by atoms with van der Waals surface area (Å²) >= 11 is 0. The van der Waals surface area contributed by atoms with Crippen molar-refractivity contribution in [1.82, 2.24) is 9.78 Å². The standard InChI is InChI=1S/C22H18F3N5O3/c1-29-10-16(9-27-29)12-4-14(7-17(6-12)22(23,24)25)21(32)28-18-2-3-19-13(8-18)5-15(20(26)31)11-30(19)33/h2-4,6-11,33H,5H2,1H3,(H2,26,31)(H,28,32). The topological polar surface area (TPSA) is 113 Å². The van der Waals surface area contributed by atoms with Crippen LogP contribution in [0.25, 0.3) is 11.1 Å². The number of primary amides is 1. The highest BCUT2D eigenvalue weighted by Crippen LogP contribution is 2.34. The van der Waals surface area contributed by atoms with Crippen molar-refractivity contribution in [3.63, 3.8) is 0 Å². The van der Waals surface area contributed by atoms with Crippen LogP contribution >= 0.6 is 0 Å². The van der Waals surface area contributed by atoms with Crippen molar-refractivity contribution < 1.29 is 28.0 Å². The summed E-state index contributed by atoms with van der Waals surface area (Å²) in [6.45, 7) is 0. The first-order valence-electron chi connectivity index (χ1n) is 9.65. The minimum Gasteiger partial charge on any atom is -0.366 e. The van der Waals surface area contributed by atoms with Crippen LogP contribution in [0.15, 0.2) is 60.6 Å². The maximum atomic E-state index is 13.5. The minimum atomic E-state index is -4.65. The third kappa shape index (κ3) is 4.58. The summed E-state index contributed by atoms with van der Waals surface area (Å²) < 4.78 is 41.8. The van der Waals surface area contributed by atoms with E-state index < -0.39 is 23.6 Å². The number of anilines is 2. The number of benzene rings is 2. The molecule has 8 nitrogen and oxygen atoms in total. The Morgan fingerprint density at radius 2 is 1.91 bits per heavy atom. The van der Waals surface area contributed by atoms with Crippen molar-refractivity contribution in [3.8, 4) is 11.1 Å². The molecule has 33 heavy (non-hydrogen) atoms. The molecular formula is C22H18F3N5O3. The third-order valence-electron chi connectivity index (χ3n) is 5.12. The number of hydrogen-bond donors (Lipinski definition) is 3. The smallest absolute Gasteiger partial charge is 0.366 e. The summed E-state index contributed by atoms with van der Waals surface area (Å²) in [7, 11) is 1.63. The molecule has 4 rings (SSSR count). The molecule has 2 heterocycles. The zero-order valence-corrected chi connectivity index (χ0v) is 17.2. The average Bonchev–Trinajstić information content (AvgIpc) is 3.18. The molecule has 0 unspecified atom stereocenters. The predicted octanol–water partition coefficient (Wildman–Crippen LogP) is 3.48.